The summed E-state index contributed by atoms with van der Waals surface area (Å²) in [4.78, 5) is 28.8. The first-order valence-electron chi connectivity index (χ1n) is 8.12. The van der Waals surface area contributed by atoms with Gasteiger partial charge < -0.3 is 0 Å². The Morgan fingerprint density at radius 2 is 1.89 bits per heavy atom. The zero-order valence-corrected chi connectivity index (χ0v) is 17.5. The molecular formula is C18H17N3O4S3. The molecule has 0 spiro atoms. The van der Waals surface area contributed by atoms with Crippen molar-refractivity contribution in [3.63, 3.8) is 0 Å². The maximum absolute atomic E-state index is 12.3. The number of hydrogen-bond donors (Lipinski definition) is 1. The number of carbonyl (C=O) groups is 2. The maximum atomic E-state index is 12.3. The maximum Gasteiger partial charge on any atom is 0.257 e. The topological polar surface area (TPSA) is 96.4 Å². The van der Waals surface area contributed by atoms with Crippen molar-refractivity contribution >= 4 is 55.2 Å². The lowest BCUT2D eigenvalue weighted by molar-refractivity contribution is -0.117. The van der Waals surface area contributed by atoms with E-state index in [9.17, 15) is 18.0 Å². The molecule has 1 heterocycles. The molecule has 28 heavy (non-hydrogen) atoms. The minimum Gasteiger partial charge on any atom is -0.292 e. The monoisotopic (exact) mass is 435 g/mol. The van der Waals surface area contributed by atoms with Gasteiger partial charge in [0.15, 0.2) is 4.34 Å². The highest BCUT2D eigenvalue weighted by atomic mass is 32.2. The summed E-state index contributed by atoms with van der Waals surface area (Å²) in [6.07, 6.45) is 0. The minimum absolute atomic E-state index is 0.0125. The van der Waals surface area contributed by atoms with E-state index in [0.717, 1.165) is 18.9 Å². The predicted molar refractivity (Wildman–Crippen MR) is 110 cm³/mol. The molecule has 0 saturated carbocycles. The summed E-state index contributed by atoms with van der Waals surface area (Å²) in [5.74, 6) is -1.10. The summed E-state index contributed by atoms with van der Waals surface area (Å²) in [6.45, 7) is 0. The molecule has 3 rings (SSSR count). The molecule has 0 bridgehead atoms. The Bertz CT molecular complexity index is 1110. The average Bonchev–Trinajstić information content (AvgIpc) is 3.09. The van der Waals surface area contributed by atoms with Crippen LogP contribution in [-0.4, -0.2) is 49.4 Å². The molecule has 3 aromatic rings. The molecule has 0 fully saturated rings. The van der Waals surface area contributed by atoms with Gasteiger partial charge in [-0.15, -0.1) is 11.3 Å². The number of thioether (sulfide) groups is 1. The van der Waals surface area contributed by atoms with Crippen molar-refractivity contribution < 1.29 is 18.0 Å². The fourth-order valence-electron chi connectivity index (χ4n) is 2.28. The van der Waals surface area contributed by atoms with Gasteiger partial charge in [-0.2, -0.15) is 0 Å². The van der Waals surface area contributed by atoms with Crippen molar-refractivity contribution in [1.82, 2.24) is 14.6 Å². The fraction of sp³-hybridized carbons (Fsp3) is 0.167. The van der Waals surface area contributed by atoms with E-state index in [0.29, 0.717) is 0 Å². The second kappa shape index (κ2) is 8.39. The second-order valence-electron chi connectivity index (χ2n) is 5.93. The third-order valence-corrected chi connectivity index (χ3v) is 7.72. The normalized spacial score (nSPS) is 11.7. The number of aromatic nitrogens is 1. The van der Waals surface area contributed by atoms with E-state index in [2.05, 4.69) is 10.3 Å². The van der Waals surface area contributed by atoms with Crippen LogP contribution in [0.5, 0.6) is 0 Å². The van der Waals surface area contributed by atoms with Crippen LogP contribution in [0.15, 0.2) is 57.8 Å². The highest BCUT2D eigenvalue weighted by Gasteiger charge is 2.19. The van der Waals surface area contributed by atoms with Crippen molar-refractivity contribution in [1.29, 1.82) is 0 Å². The third kappa shape index (κ3) is 4.58. The first-order chi connectivity index (χ1) is 13.3. The standard InChI is InChI=1S/C18H17N3O4S3/c1-21(2)28(24,25)13-7-5-6-12(10-13)17(23)20-16(22)11-26-18-19-14-8-3-4-9-15(14)27-18/h3-10H,11H2,1-2H3,(H,20,22,23). The Morgan fingerprint density at radius 1 is 1.14 bits per heavy atom. The van der Waals surface area contributed by atoms with Crippen molar-refractivity contribution in [2.75, 3.05) is 19.8 Å². The first-order valence-corrected chi connectivity index (χ1v) is 11.4. The molecule has 10 heteroatoms. The van der Waals surface area contributed by atoms with Gasteiger partial charge in [-0.25, -0.2) is 17.7 Å². The molecule has 0 radical (unpaired) electrons. The molecule has 0 aliphatic heterocycles. The number of nitrogens with zero attached hydrogens (tertiary/aromatic N) is 2. The lowest BCUT2D eigenvalue weighted by Crippen LogP contribution is -2.32. The number of para-hydroxylation sites is 1. The number of thiazole rings is 1. The van der Waals surface area contributed by atoms with Crippen LogP contribution >= 0.6 is 23.1 Å². The van der Waals surface area contributed by atoms with Gasteiger partial charge in [0.25, 0.3) is 5.91 Å². The van der Waals surface area contributed by atoms with Gasteiger partial charge in [-0.05, 0) is 30.3 Å². The molecule has 0 atom stereocenters. The third-order valence-electron chi connectivity index (χ3n) is 3.73. The first kappa shape index (κ1) is 20.5. The Hall–Kier alpha value is -2.27. The van der Waals surface area contributed by atoms with Gasteiger partial charge in [0.1, 0.15) is 0 Å². The van der Waals surface area contributed by atoms with Gasteiger partial charge in [0.2, 0.25) is 15.9 Å². The average molecular weight is 436 g/mol. The van der Waals surface area contributed by atoms with Crippen LogP contribution in [0.1, 0.15) is 10.4 Å². The zero-order valence-electron chi connectivity index (χ0n) is 15.1. The van der Waals surface area contributed by atoms with E-state index < -0.39 is 21.8 Å². The molecule has 0 unspecified atom stereocenters. The number of amides is 2. The zero-order chi connectivity index (χ0) is 20.3. The molecule has 0 aliphatic carbocycles. The van der Waals surface area contributed by atoms with Gasteiger partial charge in [0, 0.05) is 19.7 Å². The van der Waals surface area contributed by atoms with Crippen LogP contribution in [-0.2, 0) is 14.8 Å². The van der Waals surface area contributed by atoms with Crippen LogP contribution in [0.25, 0.3) is 10.2 Å². The van der Waals surface area contributed by atoms with Crippen LogP contribution in [0.4, 0.5) is 0 Å². The largest absolute Gasteiger partial charge is 0.292 e. The Morgan fingerprint density at radius 3 is 2.61 bits per heavy atom. The number of nitrogens with one attached hydrogen (secondary N) is 1. The van der Waals surface area contributed by atoms with Gasteiger partial charge in [0.05, 0.1) is 20.9 Å². The molecular weight excluding hydrogens is 418 g/mol. The van der Waals surface area contributed by atoms with Gasteiger partial charge in [-0.3, -0.25) is 14.9 Å². The van der Waals surface area contributed by atoms with E-state index in [4.69, 9.17) is 0 Å². The number of rotatable bonds is 6. The number of imide groups is 1. The summed E-state index contributed by atoms with van der Waals surface area (Å²) >= 11 is 2.72. The molecule has 2 amide bonds. The second-order valence-corrected chi connectivity index (χ2v) is 10.3. The predicted octanol–water partition coefficient (Wildman–Crippen LogP) is 2.60. The lowest BCUT2D eigenvalue weighted by Gasteiger charge is -2.12. The van der Waals surface area contributed by atoms with E-state index in [1.165, 1.54) is 61.5 Å². The number of carbonyl (C=O) groups excluding carboxylic acids is 2. The smallest absolute Gasteiger partial charge is 0.257 e. The molecule has 2 aromatic carbocycles. The van der Waals surface area contributed by atoms with Crippen molar-refractivity contribution in [3.05, 3.63) is 54.1 Å². The summed E-state index contributed by atoms with van der Waals surface area (Å²) in [7, 11) is -0.848. The summed E-state index contributed by atoms with van der Waals surface area (Å²) < 4.78 is 27.2. The Labute approximate surface area is 170 Å². The highest BCUT2D eigenvalue weighted by molar-refractivity contribution is 8.01. The molecule has 0 aliphatic rings. The van der Waals surface area contributed by atoms with E-state index in [1.54, 1.807) is 0 Å². The van der Waals surface area contributed by atoms with Crippen molar-refractivity contribution in [2.45, 2.75) is 9.24 Å². The van der Waals surface area contributed by atoms with Crippen LogP contribution in [0.3, 0.4) is 0 Å². The minimum atomic E-state index is -3.66. The quantitative estimate of drug-likeness (QED) is 0.598. The van der Waals surface area contributed by atoms with Crippen molar-refractivity contribution in [2.24, 2.45) is 0 Å². The van der Waals surface area contributed by atoms with E-state index in [-0.39, 0.29) is 16.2 Å². The van der Waals surface area contributed by atoms with Gasteiger partial charge in [-0.1, -0.05) is 30.0 Å². The SMILES string of the molecule is CN(C)S(=O)(=O)c1cccc(C(=O)NC(=O)CSc2nc3ccccc3s2)c1. The van der Waals surface area contributed by atoms with Crippen LogP contribution in [0.2, 0.25) is 0 Å². The van der Waals surface area contributed by atoms with Crippen LogP contribution < -0.4 is 5.32 Å². The summed E-state index contributed by atoms with van der Waals surface area (Å²) in [5.41, 5.74) is 0.965. The Balaban J connectivity index is 1.63. The molecule has 1 N–H and O–H groups in total. The number of sulfonamides is 1. The fourth-order valence-corrected chi connectivity index (χ4v) is 5.10. The summed E-state index contributed by atoms with van der Waals surface area (Å²) in [6, 6.07) is 13.2. The molecule has 7 nitrogen and oxygen atoms in total. The lowest BCUT2D eigenvalue weighted by atomic mass is 10.2. The van der Waals surface area contributed by atoms with Gasteiger partial charge >= 0.3 is 0 Å². The number of hydrogen-bond acceptors (Lipinski definition) is 7. The highest BCUT2D eigenvalue weighted by Crippen LogP contribution is 2.29. The van der Waals surface area contributed by atoms with Crippen molar-refractivity contribution in [3.8, 4) is 0 Å². The van der Waals surface area contributed by atoms with Crippen LogP contribution in [0, 0.1) is 0 Å². The molecule has 146 valence electrons. The number of benzene rings is 2. The van der Waals surface area contributed by atoms with E-state index >= 15 is 0 Å². The molecule has 0 saturated heterocycles. The Kier molecular flexibility index (Phi) is 6.14. The molecule has 1 aromatic heterocycles. The van der Waals surface area contributed by atoms with E-state index in [1.807, 2.05) is 24.3 Å². The summed E-state index contributed by atoms with van der Waals surface area (Å²) in [5, 5.41) is 2.28. The number of fused-ring (bicyclic) bond motifs is 1.